The van der Waals surface area contributed by atoms with Crippen LogP contribution < -0.4 is 10.6 Å². The fourth-order valence-electron chi connectivity index (χ4n) is 2.67. The molecule has 1 aliphatic rings. The van der Waals surface area contributed by atoms with Crippen LogP contribution in [0.1, 0.15) is 62.6 Å². The molecular formula is C14H24N4O3. The number of aliphatic hydroxyl groups is 1. The van der Waals surface area contributed by atoms with Gasteiger partial charge in [0, 0.05) is 6.54 Å². The Kier molecular flexibility index (Phi) is 4.95. The standard InChI is InChI=1S/C14H24N4O3/c1-9(2)7-14(3,20)8-16-12(19)11-17-13(21-18-11)10-5-4-6-15-10/h9-10,15,20H,4-8H2,1-3H3,(H,16,19). The first-order valence-electron chi connectivity index (χ1n) is 7.45. The first-order chi connectivity index (χ1) is 9.87. The lowest BCUT2D eigenvalue weighted by molar-refractivity contribution is 0.0366. The van der Waals surface area contributed by atoms with E-state index in [4.69, 9.17) is 4.52 Å². The summed E-state index contributed by atoms with van der Waals surface area (Å²) in [5, 5.41) is 19.8. The van der Waals surface area contributed by atoms with Gasteiger partial charge in [-0.1, -0.05) is 19.0 Å². The van der Waals surface area contributed by atoms with Gasteiger partial charge in [0.2, 0.25) is 5.89 Å². The molecule has 0 saturated carbocycles. The number of carbonyl (C=O) groups excluding carboxylic acids is 1. The van der Waals surface area contributed by atoms with Gasteiger partial charge in [0.05, 0.1) is 11.6 Å². The second-order valence-electron chi connectivity index (χ2n) is 6.38. The van der Waals surface area contributed by atoms with Crippen LogP contribution >= 0.6 is 0 Å². The molecule has 2 heterocycles. The second kappa shape index (κ2) is 6.53. The molecule has 0 radical (unpaired) electrons. The number of amides is 1. The Morgan fingerprint density at radius 1 is 1.62 bits per heavy atom. The predicted octanol–water partition coefficient (Wildman–Crippen LogP) is 1.02. The average molecular weight is 296 g/mol. The molecule has 0 aromatic carbocycles. The van der Waals surface area contributed by atoms with Crippen LogP contribution in [-0.2, 0) is 0 Å². The first-order valence-corrected chi connectivity index (χ1v) is 7.45. The van der Waals surface area contributed by atoms with Crippen molar-refractivity contribution in [1.82, 2.24) is 20.8 Å². The van der Waals surface area contributed by atoms with E-state index in [0.717, 1.165) is 19.4 Å². The molecule has 21 heavy (non-hydrogen) atoms. The van der Waals surface area contributed by atoms with Gasteiger partial charge in [-0.05, 0) is 38.6 Å². The topological polar surface area (TPSA) is 100 Å². The van der Waals surface area contributed by atoms with E-state index >= 15 is 0 Å². The average Bonchev–Trinajstić information content (AvgIpc) is 3.04. The lowest BCUT2D eigenvalue weighted by atomic mass is 9.94. The molecule has 1 aliphatic heterocycles. The van der Waals surface area contributed by atoms with Crippen molar-refractivity contribution in [1.29, 1.82) is 0 Å². The van der Waals surface area contributed by atoms with Gasteiger partial charge >= 0.3 is 0 Å². The van der Waals surface area contributed by atoms with Crippen molar-refractivity contribution in [3.05, 3.63) is 11.7 Å². The van der Waals surface area contributed by atoms with Crippen LogP contribution in [0.4, 0.5) is 0 Å². The maximum absolute atomic E-state index is 12.0. The molecule has 0 spiro atoms. The van der Waals surface area contributed by atoms with Crippen LogP contribution in [0, 0.1) is 5.92 Å². The van der Waals surface area contributed by atoms with E-state index in [1.807, 2.05) is 13.8 Å². The smallest absolute Gasteiger partial charge is 0.292 e. The molecule has 2 rings (SSSR count). The second-order valence-corrected chi connectivity index (χ2v) is 6.38. The van der Waals surface area contributed by atoms with E-state index < -0.39 is 11.5 Å². The van der Waals surface area contributed by atoms with Crippen LogP contribution in [0.15, 0.2) is 4.52 Å². The molecule has 1 aromatic rings. The van der Waals surface area contributed by atoms with Crippen LogP contribution in [0.3, 0.4) is 0 Å². The highest BCUT2D eigenvalue weighted by Crippen LogP contribution is 2.21. The van der Waals surface area contributed by atoms with E-state index in [1.54, 1.807) is 6.92 Å². The summed E-state index contributed by atoms with van der Waals surface area (Å²) in [5.74, 6) is 0.389. The quantitative estimate of drug-likeness (QED) is 0.724. The van der Waals surface area contributed by atoms with Gasteiger partial charge < -0.3 is 20.3 Å². The minimum absolute atomic E-state index is 0.0130. The third-order valence-electron chi connectivity index (χ3n) is 3.48. The minimum atomic E-state index is -0.941. The molecule has 1 aromatic heterocycles. The number of nitrogens with one attached hydrogen (secondary N) is 2. The van der Waals surface area contributed by atoms with Crippen LogP contribution in [0.25, 0.3) is 0 Å². The third kappa shape index (κ3) is 4.50. The highest BCUT2D eigenvalue weighted by Gasteiger charge is 2.26. The Hall–Kier alpha value is -1.47. The number of nitrogens with zero attached hydrogens (tertiary/aromatic N) is 2. The van der Waals surface area contributed by atoms with Gasteiger partial charge in [-0.15, -0.1) is 0 Å². The fourth-order valence-corrected chi connectivity index (χ4v) is 2.67. The van der Waals surface area contributed by atoms with Crippen molar-refractivity contribution >= 4 is 5.91 Å². The van der Waals surface area contributed by atoms with Gasteiger partial charge in [-0.2, -0.15) is 4.98 Å². The Labute approximate surface area is 124 Å². The summed E-state index contributed by atoms with van der Waals surface area (Å²) in [5.41, 5.74) is -0.941. The van der Waals surface area contributed by atoms with Crippen molar-refractivity contribution in [2.24, 2.45) is 5.92 Å². The maximum atomic E-state index is 12.0. The Bertz CT molecular complexity index is 478. The number of hydrogen-bond acceptors (Lipinski definition) is 6. The lowest BCUT2D eigenvalue weighted by Gasteiger charge is -2.25. The van der Waals surface area contributed by atoms with E-state index in [-0.39, 0.29) is 18.4 Å². The lowest BCUT2D eigenvalue weighted by Crippen LogP contribution is -2.41. The molecule has 7 nitrogen and oxygen atoms in total. The van der Waals surface area contributed by atoms with Crippen molar-refractivity contribution in [3.8, 4) is 0 Å². The van der Waals surface area contributed by atoms with Crippen LogP contribution in [-0.4, -0.2) is 39.8 Å². The van der Waals surface area contributed by atoms with E-state index in [9.17, 15) is 9.90 Å². The fraction of sp³-hybridized carbons (Fsp3) is 0.786. The van der Waals surface area contributed by atoms with Crippen molar-refractivity contribution in [2.45, 2.75) is 51.7 Å². The number of hydrogen-bond donors (Lipinski definition) is 3. The molecule has 2 atom stereocenters. The predicted molar refractivity (Wildman–Crippen MR) is 76.7 cm³/mol. The normalized spacial score (nSPS) is 21.5. The molecular weight excluding hydrogens is 272 g/mol. The Morgan fingerprint density at radius 3 is 3.00 bits per heavy atom. The largest absolute Gasteiger partial charge is 0.388 e. The Morgan fingerprint density at radius 2 is 2.38 bits per heavy atom. The summed E-state index contributed by atoms with van der Waals surface area (Å²) in [6.07, 6.45) is 2.61. The molecule has 118 valence electrons. The summed E-state index contributed by atoms with van der Waals surface area (Å²) in [6.45, 7) is 6.84. The van der Waals surface area contributed by atoms with Crippen LogP contribution in [0.2, 0.25) is 0 Å². The summed E-state index contributed by atoms with van der Waals surface area (Å²) in [7, 11) is 0. The number of carbonyl (C=O) groups is 1. The maximum Gasteiger partial charge on any atom is 0.292 e. The Balaban J connectivity index is 1.88. The van der Waals surface area contributed by atoms with E-state index in [1.165, 1.54) is 0 Å². The number of aromatic nitrogens is 2. The van der Waals surface area contributed by atoms with Crippen molar-refractivity contribution in [3.63, 3.8) is 0 Å². The highest BCUT2D eigenvalue weighted by atomic mass is 16.5. The molecule has 2 unspecified atom stereocenters. The highest BCUT2D eigenvalue weighted by molar-refractivity contribution is 5.90. The molecule has 0 aliphatic carbocycles. The number of rotatable bonds is 6. The molecule has 1 fully saturated rings. The molecule has 1 saturated heterocycles. The molecule has 1 amide bonds. The van der Waals surface area contributed by atoms with Gasteiger partial charge in [0.15, 0.2) is 0 Å². The van der Waals surface area contributed by atoms with Gasteiger partial charge in [-0.3, -0.25) is 4.79 Å². The molecule has 0 bridgehead atoms. The summed E-state index contributed by atoms with van der Waals surface area (Å²) in [4.78, 5) is 16.1. The van der Waals surface area contributed by atoms with Crippen molar-refractivity contribution < 1.29 is 14.4 Å². The van der Waals surface area contributed by atoms with Crippen LogP contribution in [0.5, 0.6) is 0 Å². The summed E-state index contributed by atoms with van der Waals surface area (Å²) in [6, 6.07) is 0.0445. The van der Waals surface area contributed by atoms with Gasteiger partial charge in [0.25, 0.3) is 11.7 Å². The first kappa shape index (κ1) is 15.9. The zero-order valence-corrected chi connectivity index (χ0v) is 12.8. The molecule has 3 N–H and O–H groups in total. The molecule has 7 heteroatoms. The summed E-state index contributed by atoms with van der Waals surface area (Å²) < 4.78 is 5.12. The van der Waals surface area contributed by atoms with E-state index in [0.29, 0.717) is 18.2 Å². The minimum Gasteiger partial charge on any atom is -0.388 e. The van der Waals surface area contributed by atoms with E-state index in [2.05, 4.69) is 20.8 Å². The van der Waals surface area contributed by atoms with Gasteiger partial charge in [-0.25, -0.2) is 0 Å². The van der Waals surface area contributed by atoms with Gasteiger partial charge in [0.1, 0.15) is 0 Å². The summed E-state index contributed by atoms with van der Waals surface area (Å²) >= 11 is 0. The zero-order chi connectivity index (χ0) is 15.5. The SMILES string of the molecule is CC(C)CC(C)(O)CNC(=O)c1noc(C2CCCN2)n1. The van der Waals surface area contributed by atoms with Crippen molar-refractivity contribution in [2.75, 3.05) is 13.1 Å². The monoisotopic (exact) mass is 296 g/mol. The zero-order valence-electron chi connectivity index (χ0n) is 12.8. The third-order valence-corrected chi connectivity index (χ3v) is 3.48.